The third-order valence-electron chi connectivity index (χ3n) is 4.39. The van der Waals surface area contributed by atoms with Crippen LogP contribution in [-0.2, 0) is 16.0 Å². The fourth-order valence-corrected chi connectivity index (χ4v) is 2.99. The highest BCUT2D eigenvalue weighted by molar-refractivity contribution is 6.31. The Bertz CT molecular complexity index is 689. The van der Waals surface area contributed by atoms with E-state index in [1.807, 2.05) is 18.7 Å². The fourth-order valence-electron chi connectivity index (χ4n) is 2.75. The number of anilines is 1. The van der Waals surface area contributed by atoms with Crippen molar-refractivity contribution in [1.82, 2.24) is 9.80 Å². The highest BCUT2D eigenvalue weighted by atomic mass is 35.5. The number of hydrogen-bond donors (Lipinski definition) is 1. The second-order valence-electron chi connectivity index (χ2n) is 6.70. The first-order valence-electron chi connectivity index (χ1n) is 9.73. The molecule has 0 aliphatic carbocycles. The van der Waals surface area contributed by atoms with Gasteiger partial charge in [0.15, 0.2) is 0 Å². The maximum Gasteiger partial charge on any atom is 0.434 e. The van der Waals surface area contributed by atoms with Crippen molar-refractivity contribution >= 4 is 23.4 Å². The minimum Gasteiger partial charge on any atom is -0.426 e. The molecule has 0 unspecified atom stereocenters. The van der Waals surface area contributed by atoms with Crippen LogP contribution in [0.5, 0.6) is 0 Å². The summed E-state index contributed by atoms with van der Waals surface area (Å²) in [5, 5.41) is 0.440. The number of ether oxygens (including phenoxy) is 2. The van der Waals surface area contributed by atoms with Gasteiger partial charge in [0, 0.05) is 62.2 Å². The minimum atomic E-state index is -5.74. The summed E-state index contributed by atoms with van der Waals surface area (Å²) in [7, 11) is 0. The summed E-state index contributed by atoms with van der Waals surface area (Å²) < 4.78 is 83.4. The molecule has 2 rings (SSSR count). The van der Waals surface area contributed by atoms with E-state index in [2.05, 4.69) is 4.74 Å². The molecule has 0 bridgehead atoms. The number of nitrogen functional groups attached to an aromatic ring is 1. The van der Waals surface area contributed by atoms with E-state index in [0.29, 0.717) is 22.8 Å². The normalized spacial score (nSPS) is 15.4. The second kappa shape index (κ2) is 12.4. The van der Waals surface area contributed by atoms with Gasteiger partial charge >= 0.3 is 18.4 Å². The molecule has 1 aliphatic rings. The van der Waals surface area contributed by atoms with Crippen LogP contribution in [-0.4, -0.2) is 73.7 Å². The largest absolute Gasteiger partial charge is 0.434 e. The van der Waals surface area contributed by atoms with Crippen molar-refractivity contribution in [2.45, 2.75) is 38.8 Å². The highest BCUT2D eigenvalue weighted by Crippen LogP contribution is 2.36. The van der Waals surface area contributed by atoms with Crippen LogP contribution in [0.1, 0.15) is 19.4 Å². The van der Waals surface area contributed by atoms with Gasteiger partial charge in [-0.1, -0.05) is 17.7 Å². The molecular formula is C19H26ClF6N3O3. The summed E-state index contributed by atoms with van der Waals surface area (Å²) in [5.74, 6) is 0. The molecule has 13 heteroatoms. The van der Waals surface area contributed by atoms with Crippen molar-refractivity contribution in [2.75, 3.05) is 45.1 Å². The Morgan fingerprint density at radius 3 is 2.00 bits per heavy atom. The number of carbonyl (C=O) groups excluding carboxylic acids is 1. The quantitative estimate of drug-likeness (QED) is 0.475. The van der Waals surface area contributed by atoms with E-state index in [-0.39, 0.29) is 26.2 Å². The standard InChI is InChI=1S/C15H16ClF6N3O2.C4H10O/c16-10-2-1-3-11(23)9(10)8-24-4-6-25(7-5-24)13(26)27-12(14(17,18)19)15(20,21)22;1-3-5-4-2/h1-3,12H,4-8,23H2;3-4H2,1-2H3. The Morgan fingerprint density at radius 1 is 1.06 bits per heavy atom. The predicted molar refractivity (Wildman–Crippen MR) is 107 cm³/mol. The molecule has 1 aromatic rings. The Labute approximate surface area is 187 Å². The van der Waals surface area contributed by atoms with Crippen molar-refractivity contribution in [3.63, 3.8) is 0 Å². The van der Waals surface area contributed by atoms with Crippen LogP contribution < -0.4 is 5.73 Å². The molecule has 32 heavy (non-hydrogen) atoms. The Kier molecular flexibility index (Phi) is 10.9. The summed E-state index contributed by atoms with van der Waals surface area (Å²) in [6.45, 7) is 6.24. The van der Waals surface area contributed by atoms with E-state index in [4.69, 9.17) is 22.1 Å². The van der Waals surface area contributed by atoms with Crippen molar-refractivity contribution < 1.29 is 40.6 Å². The SMILES string of the molecule is CCOCC.Nc1cccc(Cl)c1CN1CCN(C(=O)OC(C(F)(F)F)C(F)(F)F)CC1. The molecule has 1 heterocycles. The Hall–Kier alpha value is -1.92. The highest BCUT2D eigenvalue weighted by Gasteiger charge is 2.60. The molecule has 0 aromatic heterocycles. The smallest absolute Gasteiger partial charge is 0.426 e. The lowest BCUT2D eigenvalue weighted by atomic mass is 10.1. The van der Waals surface area contributed by atoms with Crippen LogP contribution >= 0.6 is 11.6 Å². The molecule has 1 aliphatic heterocycles. The van der Waals surface area contributed by atoms with E-state index in [1.165, 1.54) is 0 Å². The molecule has 0 atom stereocenters. The molecule has 6 nitrogen and oxygen atoms in total. The predicted octanol–water partition coefficient (Wildman–Crippen LogP) is 4.71. The summed E-state index contributed by atoms with van der Waals surface area (Å²) in [5.41, 5.74) is 6.96. The summed E-state index contributed by atoms with van der Waals surface area (Å²) in [4.78, 5) is 14.3. The summed E-state index contributed by atoms with van der Waals surface area (Å²) >= 11 is 6.07. The van der Waals surface area contributed by atoms with Gasteiger partial charge in [-0.05, 0) is 26.0 Å². The molecule has 1 aromatic carbocycles. The van der Waals surface area contributed by atoms with Crippen LogP contribution in [0.15, 0.2) is 18.2 Å². The molecule has 1 amide bonds. The number of alkyl halides is 6. The number of piperazine rings is 1. The number of nitrogens with zero attached hydrogens (tertiary/aromatic N) is 2. The van der Waals surface area contributed by atoms with Gasteiger partial charge in [0.25, 0.3) is 6.10 Å². The van der Waals surface area contributed by atoms with Gasteiger partial charge in [0.1, 0.15) is 0 Å². The zero-order valence-corrected chi connectivity index (χ0v) is 18.4. The molecule has 0 spiro atoms. The van der Waals surface area contributed by atoms with Crippen LogP contribution in [0.3, 0.4) is 0 Å². The zero-order valence-electron chi connectivity index (χ0n) is 17.6. The monoisotopic (exact) mass is 493 g/mol. The Morgan fingerprint density at radius 2 is 1.59 bits per heavy atom. The zero-order chi connectivity index (χ0) is 24.5. The van der Waals surface area contributed by atoms with Crippen LogP contribution in [0.4, 0.5) is 36.8 Å². The molecule has 0 radical (unpaired) electrons. The summed E-state index contributed by atoms with van der Waals surface area (Å²) in [6, 6.07) is 4.98. The first-order chi connectivity index (χ1) is 14.8. The number of rotatable bonds is 5. The van der Waals surface area contributed by atoms with Gasteiger partial charge in [0.2, 0.25) is 0 Å². The fraction of sp³-hybridized carbons (Fsp3) is 0.632. The van der Waals surface area contributed by atoms with Crippen molar-refractivity contribution in [1.29, 1.82) is 0 Å². The lowest BCUT2D eigenvalue weighted by Crippen LogP contribution is -2.52. The van der Waals surface area contributed by atoms with Crippen molar-refractivity contribution in [3.05, 3.63) is 28.8 Å². The summed E-state index contributed by atoms with van der Waals surface area (Å²) in [6.07, 6.45) is -17.3. The lowest BCUT2D eigenvalue weighted by Gasteiger charge is -2.35. The number of halogens is 7. The average Bonchev–Trinajstić information content (AvgIpc) is 2.69. The topological polar surface area (TPSA) is 68.0 Å². The van der Waals surface area contributed by atoms with Crippen molar-refractivity contribution in [2.24, 2.45) is 0 Å². The first-order valence-corrected chi connectivity index (χ1v) is 10.1. The van der Waals surface area contributed by atoms with Gasteiger partial charge in [-0.2, -0.15) is 26.3 Å². The molecule has 0 saturated carbocycles. The lowest BCUT2D eigenvalue weighted by molar-refractivity contribution is -0.308. The number of carbonyl (C=O) groups is 1. The van der Waals surface area contributed by atoms with Crippen LogP contribution in [0, 0.1) is 0 Å². The van der Waals surface area contributed by atoms with Gasteiger partial charge in [0.05, 0.1) is 0 Å². The Balaban J connectivity index is 0.000000920. The third kappa shape index (κ3) is 8.91. The van der Waals surface area contributed by atoms with Gasteiger partial charge in [-0.15, -0.1) is 0 Å². The van der Waals surface area contributed by atoms with E-state index in [1.54, 1.807) is 18.2 Å². The van der Waals surface area contributed by atoms with Crippen LogP contribution in [0.25, 0.3) is 0 Å². The molecule has 184 valence electrons. The van der Waals surface area contributed by atoms with Crippen molar-refractivity contribution in [3.8, 4) is 0 Å². The maximum absolute atomic E-state index is 12.5. The van der Waals surface area contributed by atoms with E-state index in [0.717, 1.165) is 18.1 Å². The molecule has 1 saturated heterocycles. The van der Waals surface area contributed by atoms with Gasteiger partial charge < -0.3 is 20.1 Å². The molecule has 2 N–H and O–H groups in total. The number of nitrogens with two attached hydrogens (primary N) is 1. The van der Waals surface area contributed by atoms with E-state index in [9.17, 15) is 31.1 Å². The first kappa shape index (κ1) is 28.1. The third-order valence-corrected chi connectivity index (χ3v) is 4.74. The van der Waals surface area contributed by atoms with E-state index < -0.39 is 24.5 Å². The number of hydrogen-bond acceptors (Lipinski definition) is 5. The second-order valence-corrected chi connectivity index (χ2v) is 7.11. The average molecular weight is 494 g/mol. The number of amides is 1. The number of benzene rings is 1. The minimum absolute atomic E-state index is 0.0916. The van der Waals surface area contributed by atoms with E-state index >= 15 is 0 Å². The van der Waals surface area contributed by atoms with Crippen LogP contribution in [0.2, 0.25) is 5.02 Å². The maximum atomic E-state index is 12.5. The molecule has 1 fully saturated rings. The molecular weight excluding hydrogens is 468 g/mol. The van der Waals surface area contributed by atoms with Gasteiger partial charge in [-0.3, -0.25) is 4.90 Å². The van der Waals surface area contributed by atoms with Gasteiger partial charge in [-0.25, -0.2) is 4.79 Å².